The van der Waals surface area contributed by atoms with Crippen molar-refractivity contribution in [3.05, 3.63) is 58.0 Å². The Balaban J connectivity index is 1.39. The number of carbonyl (C=O) groups is 3. The maximum atomic E-state index is 13.8. The second-order valence-corrected chi connectivity index (χ2v) is 7.52. The molecule has 6 nitrogen and oxygen atoms in total. The summed E-state index contributed by atoms with van der Waals surface area (Å²) in [6.45, 7) is 1.70. The number of piperidine rings is 1. The Kier molecular flexibility index (Phi) is 6.76. The van der Waals surface area contributed by atoms with Crippen molar-refractivity contribution in [1.82, 2.24) is 15.5 Å². The number of amides is 3. The van der Waals surface area contributed by atoms with E-state index in [-0.39, 0.29) is 17.4 Å². The van der Waals surface area contributed by atoms with Crippen molar-refractivity contribution in [2.24, 2.45) is 5.92 Å². The summed E-state index contributed by atoms with van der Waals surface area (Å²) in [6, 6.07) is 7.84. The normalized spacial score (nSPS) is 14.5. The van der Waals surface area contributed by atoms with Gasteiger partial charge in [-0.15, -0.1) is 0 Å². The van der Waals surface area contributed by atoms with Crippen LogP contribution in [0.2, 0.25) is 0 Å². The molecule has 3 amide bonds. The van der Waals surface area contributed by atoms with Crippen molar-refractivity contribution in [3.63, 3.8) is 0 Å². The number of nitrogens with one attached hydrogen (secondary N) is 2. The van der Waals surface area contributed by atoms with Crippen LogP contribution in [0.5, 0.6) is 0 Å². The third kappa shape index (κ3) is 5.16. The Bertz CT molecular complexity index is 833. The first-order chi connectivity index (χ1) is 13.5. The molecule has 2 heterocycles. The summed E-state index contributed by atoms with van der Waals surface area (Å²) in [5, 5.41) is 9.06. The van der Waals surface area contributed by atoms with Crippen LogP contribution in [0.3, 0.4) is 0 Å². The van der Waals surface area contributed by atoms with Gasteiger partial charge in [0.2, 0.25) is 0 Å². The lowest BCUT2D eigenvalue weighted by molar-refractivity contribution is -0.139. The first kappa shape index (κ1) is 20.0. The van der Waals surface area contributed by atoms with E-state index in [0.717, 1.165) is 5.56 Å². The third-order valence-corrected chi connectivity index (χ3v) is 5.53. The Morgan fingerprint density at radius 1 is 1.07 bits per heavy atom. The van der Waals surface area contributed by atoms with Gasteiger partial charge in [-0.3, -0.25) is 14.4 Å². The lowest BCUT2D eigenvalue weighted by Crippen LogP contribution is -2.44. The number of likely N-dealkylation sites (tertiary alicyclic amines) is 1. The van der Waals surface area contributed by atoms with Crippen molar-refractivity contribution in [2.45, 2.75) is 19.4 Å². The Morgan fingerprint density at radius 3 is 2.46 bits per heavy atom. The van der Waals surface area contributed by atoms with Crippen molar-refractivity contribution < 1.29 is 18.8 Å². The first-order valence-electron chi connectivity index (χ1n) is 9.15. The highest BCUT2D eigenvalue weighted by Crippen LogP contribution is 2.19. The fourth-order valence-corrected chi connectivity index (χ4v) is 3.79. The smallest absolute Gasteiger partial charge is 0.309 e. The molecule has 0 atom stereocenters. The summed E-state index contributed by atoms with van der Waals surface area (Å²) in [7, 11) is 0. The van der Waals surface area contributed by atoms with Gasteiger partial charge < -0.3 is 15.5 Å². The minimum Gasteiger partial charge on any atom is -0.348 e. The summed E-state index contributed by atoms with van der Waals surface area (Å²) in [4.78, 5) is 37.8. The molecule has 1 fully saturated rings. The highest BCUT2D eigenvalue weighted by atomic mass is 32.1. The van der Waals surface area contributed by atoms with Gasteiger partial charge in [0.25, 0.3) is 5.91 Å². The lowest BCUT2D eigenvalue weighted by Gasteiger charge is -2.32. The molecule has 0 unspecified atom stereocenters. The van der Waals surface area contributed by atoms with Crippen LogP contribution in [-0.4, -0.2) is 42.3 Å². The third-order valence-electron chi connectivity index (χ3n) is 4.80. The molecule has 1 aliphatic rings. The highest BCUT2D eigenvalue weighted by Gasteiger charge is 2.25. The van der Waals surface area contributed by atoms with Crippen molar-refractivity contribution in [3.8, 4) is 0 Å². The summed E-state index contributed by atoms with van der Waals surface area (Å²) in [5.41, 5.74) is 1.04. The maximum absolute atomic E-state index is 13.8. The second-order valence-electron chi connectivity index (χ2n) is 6.74. The Hall–Kier alpha value is -2.74. The average molecular weight is 403 g/mol. The van der Waals surface area contributed by atoms with Crippen LogP contribution in [0, 0.1) is 11.7 Å². The molecular weight excluding hydrogens is 381 g/mol. The van der Waals surface area contributed by atoms with E-state index in [1.54, 1.807) is 17.0 Å². The summed E-state index contributed by atoms with van der Waals surface area (Å²) < 4.78 is 13.8. The molecular formula is C20H22FN3O3S. The number of rotatable bonds is 5. The number of carbonyl (C=O) groups excluding carboxylic acids is 3. The van der Waals surface area contributed by atoms with E-state index in [4.69, 9.17) is 0 Å². The fraction of sp³-hybridized carbons (Fsp3) is 0.350. The minimum atomic E-state index is -0.654. The SMILES string of the molecule is O=C(NCc1ccsc1)C(=O)NCC1CCN(C(=O)c2ccccc2F)CC1. The van der Waals surface area contributed by atoms with Crippen LogP contribution in [0.4, 0.5) is 4.39 Å². The molecule has 3 rings (SSSR count). The van der Waals surface area contributed by atoms with Crippen molar-refractivity contribution in [2.75, 3.05) is 19.6 Å². The monoisotopic (exact) mass is 403 g/mol. The predicted octanol–water partition coefficient (Wildman–Crippen LogP) is 2.17. The van der Waals surface area contributed by atoms with Gasteiger partial charge in [-0.05, 0) is 53.3 Å². The standard InChI is InChI=1S/C20H22FN3O3S/c21-17-4-2-1-3-16(17)20(27)24-8-5-14(6-9-24)11-22-18(25)19(26)23-12-15-7-10-28-13-15/h1-4,7,10,13-14H,5-6,8-9,11-12H2,(H,22,25)(H,23,26). The van der Waals surface area contributed by atoms with E-state index < -0.39 is 17.6 Å². The van der Waals surface area contributed by atoms with E-state index in [9.17, 15) is 18.8 Å². The molecule has 0 bridgehead atoms. The van der Waals surface area contributed by atoms with Crippen LogP contribution in [0.25, 0.3) is 0 Å². The van der Waals surface area contributed by atoms with Crippen molar-refractivity contribution >= 4 is 29.1 Å². The number of hydrogen-bond donors (Lipinski definition) is 2. The summed E-state index contributed by atoms with van der Waals surface area (Å²) in [5.74, 6) is -1.96. The van der Waals surface area contributed by atoms with Gasteiger partial charge in [0.15, 0.2) is 0 Å². The summed E-state index contributed by atoms with van der Waals surface area (Å²) >= 11 is 1.53. The number of halogens is 1. The molecule has 148 valence electrons. The predicted molar refractivity (Wildman–Crippen MR) is 104 cm³/mol. The lowest BCUT2D eigenvalue weighted by atomic mass is 9.96. The zero-order chi connectivity index (χ0) is 19.9. The highest BCUT2D eigenvalue weighted by molar-refractivity contribution is 7.07. The maximum Gasteiger partial charge on any atom is 0.309 e. The number of thiophene rings is 1. The van der Waals surface area contributed by atoms with E-state index in [1.165, 1.54) is 23.5 Å². The molecule has 28 heavy (non-hydrogen) atoms. The molecule has 1 saturated heterocycles. The van der Waals surface area contributed by atoms with Gasteiger partial charge in [-0.25, -0.2) is 4.39 Å². The molecule has 2 aromatic rings. The van der Waals surface area contributed by atoms with Crippen LogP contribution in [-0.2, 0) is 16.1 Å². The van der Waals surface area contributed by atoms with Gasteiger partial charge in [0, 0.05) is 26.2 Å². The molecule has 0 aliphatic carbocycles. The van der Waals surface area contributed by atoms with Gasteiger partial charge in [0.1, 0.15) is 5.82 Å². The molecule has 1 aromatic heterocycles. The Morgan fingerprint density at radius 2 is 1.79 bits per heavy atom. The van der Waals surface area contributed by atoms with Crippen LogP contribution in [0.15, 0.2) is 41.1 Å². The topological polar surface area (TPSA) is 78.5 Å². The van der Waals surface area contributed by atoms with Gasteiger partial charge in [-0.2, -0.15) is 11.3 Å². The quantitative estimate of drug-likeness (QED) is 0.751. The zero-order valence-corrected chi connectivity index (χ0v) is 16.1. The van der Waals surface area contributed by atoms with E-state index in [1.807, 2.05) is 16.8 Å². The van der Waals surface area contributed by atoms with Gasteiger partial charge in [0.05, 0.1) is 5.56 Å². The molecule has 0 spiro atoms. The van der Waals surface area contributed by atoms with Crippen LogP contribution < -0.4 is 10.6 Å². The molecule has 2 N–H and O–H groups in total. The average Bonchev–Trinajstić information content (AvgIpc) is 3.24. The second kappa shape index (κ2) is 9.45. The van der Waals surface area contributed by atoms with E-state index in [0.29, 0.717) is 39.0 Å². The first-order valence-corrected chi connectivity index (χ1v) is 10.1. The fourth-order valence-electron chi connectivity index (χ4n) is 3.12. The largest absolute Gasteiger partial charge is 0.348 e. The molecule has 1 aliphatic heterocycles. The zero-order valence-electron chi connectivity index (χ0n) is 15.3. The molecule has 1 aromatic carbocycles. The molecule has 8 heteroatoms. The van der Waals surface area contributed by atoms with E-state index in [2.05, 4.69) is 10.6 Å². The molecule has 0 radical (unpaired) electrons. The van der Waals surface area contributed by atoms with Gasteiger partial charge >= 0.3 is 11.8 Å². The Labute approximate surface area is 166 Å². The van der Waals surface area contributed by atoms with Gasteiger partial charge in [-0.1, -0.05) is 12.1 Å². The number of nitrogens with zero attached hydrogens (tertiary/aromatic N) is 1. The van der Waals surface area contributed by atoms with Crippen molar-refractivity contribution in [1.29, 1.82) is 0 Å². The molecule has 0 saturated carbocycles. The summed E-state index contributed by atoms with van der Waals surface area (Å²) in [6.07, 6.45) is 1.38. The number of hydrogen-bond acceptors (Lipinski definition) is 4. The van der Waals surface area contributed by atoms with Crippen LogP contribution >= 0.6 is 11.3 Å². The minimum absolute atomic E-state index is 0.0801. The van der Waals surface area contributed by atoms with Crippen LogP contribution in [0.1, 0.15) is 28.8 Å². The number of benzene rings is 1. The van der Waals surface area contributed by atoms with E-state index >= 15 is 0 Å².